The summed E-state index contributed by atoms with van der Waals surface area (Å²) in [4.78, 5) is 4.69. The molecule has 0 aliphatic rings. The van der Waals surface area contributed by atoms with Gasteiger partial charge in [-0.15, -0.1) is 11.6 Å². The smallest absolute Gasteiger partial charge is 0.111 e. The molecule has 0 radical (unpaired) electrons. The molecule has 0 aliphatic carbocycles. The van der Waals surface area contributed by atoms with Crippen LogP contribution in [0.25, 0.3) is 11.0 Å². The van der Waals surface area contributed by atoms with E-state index in [-0.39, 0.29) is 0 Å². The quantitative estimate of drug-likeness (QED) is 0.773. The molecule has 1 aromatic carbocycles. The van der Waals surface area contributed by atoms with E-state index in [4.69, 9.17) is 11.6 Å². The van der Waals surface area contributed by atoms with Crippen LogP contribution in [0.5, 0.6) is 0 Å². The standard InChI is InChI=1S/C13H17ClN2S/c1-10-4-3-5-11-13(10)16(8-9-17-2)12(15-11)6-7-14/h3-5H,6-9H2,1-2H3. The first-order valence-electron chi connectivity index (χ1n) is 5.77. The predicted molar refractivity (Wildman–Crippen MR) is 77.3 cm³/mol. The molecular weight excluding hydrogens is 252 g/mol. The summed E-state index contributed by atoms with van der Waals surface area (Å²) in [6.45, 7) is 3.15. The van der Waals surface area contributed by atoms with Crippen LogP contribution in [-0.4, -0.2) is 27.4 Å². The Morgan fingerprint density at radius 3 is 2.94 bits per heavy atom. The van der Waals surface area contributed by atoms with E-state index in [1.165, 1.54) is 11.1 Å². The van der Waals surface area contributed by atoms with Gasteiger partial charge in [-0.2, -0.15) is 11.8 Å². The van der Waals surface area contributed by atoms with Crippen LogP contribution in [0.4, 0.5) is 0 Å². The highest BCUT2D eigenvalue weighted by Crippen LogP contribution is 2.21. The van der Waals surface area contributed by atoms with E-state index < -0.39 is 0 Å². The third-order valence-electron chi connectivity index (χ3n) is 2.88. The van der Waals surface area contributed by atoms with Crippen molar-refractivity contribution in [3.63, 3.8) is 0 Å². The van der Waals surface area contributed by atoms with Crippen molar-refractivity contribution >= 4 is 34.4 Å². The van der Waals surface area contributed by atoms with Crippen molar-refractivity contribution in [1.29, 1.82) is 0 Å². The number of hydrogen-bond donors (Lipinski definition) is 0. The second-order valence-electron chi connectivity index (χ2n) is 4.05. The molecule has 0 spiro atoms. The molecule has 2 nitrogen and oxygen atoms in total. The molecule has 0 aliphatic heterocycles. The Hall–Kier alpha value is -0.670. The van der Waals surface area contributed by atoms with Crippen LogP contribution in [0.2, 0.25) is 0 Å². The summed E-state index contributed by atoms with van der Waals surface area (Å²) >= 11 is 7.71. The SMILES string of the molecule is CSCCn1c(CCCl)nc2cccc(C)c21. The number of benzene rings is 1. The van der Waals surface area contributed by atoms with Crippen LogP contribution in [-0.2, 0) is 13.0 Å². The molecule has 0 N–H and O–H groups in total. The lowest BCUT2D eigenvalue weighted by atomic mass is 10.2. The summed E-state index contributed by atoms with van der Waals surface area (Å²) in [5.74, 6) is 2.84. The minimum atomic E-state index is 0.627. The fraction of sp³-hybridized carbons (Fsp3) is 0.462. The number of nitrogens with zero attached hydrogens (tertiary/aromatic N) is 2. The van der Waals surface area contributed by atoms with Gasteiger partial charge in [-0.3, -0.25) is 0 Å². The molecule has 92 valence electrons. The number of aryl methyl sites for hydroxylation is 3. The lowest BCUT2D eigenvalue weighted by Gasteiger charge is -2.08. The monoisotopic (exact) mass is 268 g/mol. The highest BCUT2D eigenvalue weighted by molar-refractivity contribution is 7.98. The summed E-state index contributed by atoms with van der Waals surface area (Å²) in [5, 5.41) is 0. The van der Waals surface area contributed by atoms with Crippen LogP contribution < -0.4 is 0 Å². The number of rotatable bonds is 5. The fourth-order valence-corrected chi connectivity index (χ4v) is 2.65. The fourth-order valence-electron chi connectivity index (χ4n) is 2.11. The Kier molecular flexibility index (Phi) is 4.35. The van der Waals surface area contributed by atoms with Crippen LogP contribution >= 0.6 is 23.4 Å². The molecule has 2 rings (SSSR count). The van der Waals surface area contributed by atoms with Gasteiger partial charge in [0.15, 0.2) is 0 Å². The molecule has 0 amide bonds. The number of alkyl halides is 1. The maximum atomic E-state index is 5.85. The molecule has 0 fully saturated rings. The third kappa shape index (κ3) is 2.61. The molecule has 1 aromatic heterocycles. The Bertz CT molecular complexity index is 507. The van der Waals surface area contributed by atoms with E-state index in [0.717, 1.165) is 30.1 Å². The molecule has 0 saturated heterocycles. The molecule has 0 saturated carbocycles. The van der Waals surface area contributed by atoms with Crippen molar-refractivity contribution in [3.8, 4) is 0 Å². The van der Waals surface area contributed by atoms with Gasteiger partial charge in [0.1, 0.15) is 5.82 Å². The van der Waals surface area contributed by atoms with Gasteiger partial charge in [-0.05, 0) is 24.8 Å². The zero-order valence-electron chi connectivity index (χ0n) is 10.2. The lowest BCUT2D eigenvalue weighted by molar-refractivity contribution is 0.733. The molecule has 2 aromatic rings. The normalized spacial score (nSPS) is 11.2. The van der Waals surface area contributed by atoms with Gasteiger partial charge >= 0.3 is 0 Å². The van der Waals surface area contributed by atoms with Gasteiger partial charge in [0.05, 0.1) is 11.0 Å². The topological polar surface area (TPSA) is 17.8 Å². The number of aromatic nitrogens is 2. The number of imidazole rings is 1. The Labute approximate surface area is 111 Å². The van der Waals surface area contributed by atoms with Gasteiger partial charge in [0.2, 0.25) is 0 Å². The molecule has 0 atom stereocenters. The number of fused-ring (bicyclic) bond motifs is 1. The summed E-state index contributed by atoms with van der Waals surface area (Å²) in [6.07, 6.45) is 2.97. The van der Waals surface area contributed by atoms with Crippen LogP contribution in [0.3, 0.4) is 0 Å². The van der Waals surface area contributed by atoms with E-state index in [9.17, 15) is 0 Å². The van der Waals surface area contributed by atoms with Gasteiger partial charge in [-0.25, -0.2) is 4.98 Å². The zero-order valence-corrected chi connectivity index (χ0v) is 11.8. The number of para-hydroxylation sites is 1. The van der Waals surface area contributed by atoms with Crippen LogP contribution in [0.15, 0.2) is 18.2 Å². The van der Waals surface area contributed by atoms with E-state index in [0.29, 0.717) is 5.88 Å². The first-order valence-corrected chi connectivity index (χ1v) is 7.70. The van der Waals surface area contributed by atoms with Crippen molar-refractivity contribution in [1.82, 2.24) is 9.55 Å². The maximum absolute atomic E-state index is 5.85. The largest absolute Gasteiger partial charge is 0.327 e. The lowest BCUT2D eigenvalue weighted by Crippen LogP contribution is -2.07. The first kappa shape index (κ1) is 12.8. The molecule has 1 heterocycles. The molecule has 0 unspecified atom stereocenters. The molecular formula is C13H17ClN2S. The molecule has 17 heavy (non-hydrogen) atoms. The van der Waals surface area contributed by atoms with E-state index in [2.05, 4.69) is 40.9 Å². The van der Waals surface area contributed by atoms with Crippen molar-refractivity contribution in [3.05, 3.63) is 29.6 Å². The molecule has 4 heteroatoms. The van der Waals surface area contributed by atoms with E-state index in [1.807, 2.05) is 11.8 Å². The molecule has 0 bridgehead atoms. The Balaban J connectivity index is 2.52. The van der Waals surface area contributed by atoms with E-state index >= 15 is 0 Å². The van der Waals surface area contributed by atoms with Gasteiger partial charge < -0.3 is 4.57 Å². The summed E-state index contributed by atoms with van der Waals surface area (Å²) < 4.78 is 2.32. The highest BCUT2D eigenvalue weighted by atomic mass is 35.5. The summed E-state index contributed by atoms with van der Waals surface area (Å²) in [6, 6.07) is 6.29. The number of hydrogen-bond acceptors (Lipinski definition) is 2. The van der Waals surface area contributed by atoms with Crippen molar-refractivity contribution in [2.24, 2.45) is 0 Å². The van der Waals surface area contributed by atoms with Crippen LogP contribution in [0.1, 0.15) is 11.4 Å². The van der Waals surface area contributed by atoms with Gasteiger partial charge in [0, 0.05) is 24.6 Å². The van der Waals surface area contributed by atoms with E-state index in [1.54, 1.807) is 0 Å². The zero-order chi connectivity index (χ0) is 12.3. The average molecular weight is 269 g/mol. The minimum absolute atomic E-state index is 0.627. The predicted octanol–water partition coefficient (Wildman–Crippen LogP) is 3.49. The summed E-state index contributed by atoms with van der Waals surface area (Å²) in [5.41, 5.74) is 3.64. The summed E-state index contributed by atoms with van der Waals surface area (Å²) in [7, 11) is 0. The third-order valence-corrected chi connectivity index (χ3v) is 3.66. The first-order chi connectivity index (χ1) is 8.27. The maximum Gasteiger partial charge on any atom is 0.111 e. The Morgan fingerprint density at radius 2 is 2.24 bits per heavy atom. The second-order valence-corrected chi connectivity index (χ2v) is 5.42. The minimum Gasteiger partial charge on any atom is -0.327 e. The van der Waals surface area contributed by atoms with Crippen molar-refractivity contribution in [2.75, 3.05) is 17.9 Å². The number of thioether (sulfide) groups is 1. The van der Waals surface area contributed by atoms with Crippen LogP contribution in [0, 0.1) is 6.92 Å². The van der Waals surface area contributed by atoms with Crippen molar-refractivity contribution < 1.29 is 0 Å². The second kappa shape index (κ2) is 5.78. The van der Waals surface area contributed by atoms with Crippen molar-refractivity contribution in [2.45, 2.75) is 19.9 Å². The highest BCUT2D eigenvalue weighted by Gasteiger charge is 2.11. The van der Waals surface area contributed by atoms with Gasteiger partial charge in [-0.1, -0.05) is 12.1 Å². The number of halogens is 1. The van der Waals surface area contributed by atoms with Gasteiger partial charge in [0.25, 0.3) is 0 Å². The average Bonchev–Trinajstić information content (AvgIpc) is 2.66. The Morgan fingerprint density at radius 1 is 1.41 bits per heavy atom.